The summed E-state index contributed by atoms with van der Waals surface area (Å²) in [5.41, 5.74) is -0.707. The third kappa shape index (κ3) is 3.44. The van der Waals surface area contributed by atoms with Crippen molar-refractivity contribution >= 4 is 5.91 Å². The summed E-state index contributed by atoms with van der Waals surface area (Å²) in [5.74, 6) is 0.786. The molecule has 3 heteroatoms. The molecule has 0 heterocycles. The van der Waals surface area contributed by atoms with Gasteiger partial charge in [0.2, 0.25) is 5.91 Å². The summed E-state index contributed by atoms with van der Waals surface area (Å²) in [6.07, 6.45) is 4.80. The summed E-state index contributed by atoms with van der Waals surface area (Å²) in [6, 6.07) is 0. The van der Waals surface area contributed by atoms with Crippen LogP contribution in [-0.4, -0.2) is 23.2 Å². The first-order valence-electron chi connectivity index (χ1n) is 6.79. The van der Waals surface area contributed by atoms with Crippen molar-refractivity contribution in [2.75, 3.05) is 6.61 Å². The van der Waals surface area contributed by atoms with Gasteiger partial charge in [-0.25, -0.2) is 0 Å². The Morgan fingerprint density at radius 2 is 1.94 bits per heavy atom. The molecule has 1 fully saturated rings. The predicted molar refractivity (Wildman–Crippen MR) is 69.7 cm³/mol. The Labute approximate surface area is 105 Å². The van der Waals surface area contributed by atoms with Crippen LogP contribution < -0.4 is 5.32 Å². The van der Waals surface area contributed by atoms with Crippen molar-refractivity contribution < 1.29 is 9.90 Å². The number of hydrogen-bond donors (Lipinski definition) is 2. The fourth-order valence-corrected chi connectivity index (χ4v) is 2.21. The van der Waals surface area contributed by atoms with Gasteiger partial charge in [-0.15, -0.1) is 0 Å². The first kappa shape index (κ1) is 14.5. The van der Waals surface area contributed by atoms with Crippen LogP contribution in [0.2, 0.25) is 0 Å². The van der Waals surface area contributed by atoms with E-state index in [1.54, 1.807) is 0 Å². The molecule has 0 aromatic rings. The van der Waals surface area contributed by atoms with Gasteiger partial charge in [-0.2, -0.15) is 0 Å². The highest BCUT2D eigenvalue weighted by Crippen LogP contribution is 2.33. The van der Waals surface area contributed by atoms with E-state index in [-0.39, 0.29) is 23.5 Å². The molecule has 0 aromatic heterocycles. The third-order valence-corrected chi connectivity index (χ3v) is 4.41. The molecule has 0 aliphatic heterocycles. The highest BCUT2D eigenvalue weighted by Gasteiger charge is 2.38. The summed E-state index contributed by atoms with van der Waals surface area (Å²) >= 11 is 0. The molecule has 1 aliphatic rings. The summed E-state index contributed by atoms with van der Waals surface area (Å²) in [5, 5.41) is 12.7. The molecule has 17 heavy (non-hydrogen) atoms. The number of amides is 1. The van der Waals surface area contributed by atoms with Crippen molar-refractivity contribution in [2.24, 2.45) is 11.3 Å². The van der Waals surface area contributed by atoms with Gasteiger partial charge < -0.3 is 10.4 Å². The number of carbonyl (C=O) groups excluding carboxylic acids is 1. The second-order valence-electron chi connectivity index (χ2n) is 6.31. The van der Waals surface area contributed by atoms with Crippen LogP contribution in [0.1, 0.15) is 59.8 Å². The Morgan fingerprint density at radius 1 is 1.41 bits per heavy atom. The van der Waals surface area contributed by atoms with Crippen LogP contribution in [-0.2, 0) is 4.79 Å². The van der Waals surface area contributed by atoms with E-state index in [4.69, 9.17) is 0 Å². The van der Waals surface area contributed by atoms with Gasteiger partial charge in [-0.05, 0) is 38.0 Å². The predicted octanol–water partition coefficient (Wildman–Crippen LogP) is 2.48. The average molecular weight is 241 g/mol. The van der Waals surface area contributed by atoms with Gasteiger partial charge in [0.05, 0.1) is 12.1 Å². The molecule has 0 atom stereocenters. The topological polar surface area (TPSA) is 49.3 Å². The molecular weight excluding hydrogens is 214 g/mol. The van der Waals surface area contributed by atoms with E-state index in [0.29, 0.717) is 5.92 Å². The molecule has 3 nitrogen and oxygen atoms in total. The second kappa shape index (κ2) is 5.38. The molecule has 0 saturated heterocycles. The minimum atomic E-state index is -0.365. The molecular formula is C14H27NO2. The van der Waals surface area contributed by atoms with E-state index in [0.717, 1.165) is 32.1 Å². The molecule has 1 saturated carbocycles. The van der Waals surface area contributed by atoms with Gasteiger partial charge in [0.1, 0.15) is 0 Å². The van der Waals surface area contributed by atoms with E-state index in [9.17, 15) is 9.90 Å². The van der Waals surface area contributed by atoms with Crippen molar-refractivity contribution in [1.29, 1.82) is 0 Å². The van der Waals surface area contributed by atoms with Crippen molar-refractivity contribution in [1.82, 2.24) is 5.32 Å². The van der Waals surface area contributed by atoms with Crippen molar-refractivity contribution in [3.8, 4) is 0 Å². The lowest BCUT2D eigenvalue weighted by Gasteiger charge is -2.40. The van der Waals surface area contributed by atoms with E-state index >= 15 is 0 Å². The molecule has 1 rings (SSSR count). The maximum atomic E-state index is 12.2. The van der Waals surface area contributed by atoms with Crippen LogP contribution in [0, 0.1) is 11.3 Å². The monoisotopic (exact) mass is 241 g/mol. The lowest BCUT2D eigenvalue weighted by molar-refractivity contribution is -0.132. The van der Waals surface area contributed by atoms with Crippen molar-refractivity contribution in [3.63, 3.8) is 0 Å². The van der Waals surface area contributed by atoms with E-state index < -0.39 is 0 Å². The fraction of sp³-hybridized carbons (Fsp3) is 0.929. The molecule has 0 spiro atoms. The van der Waals surface area contributed by atoms with E-state index in [1.807, 2.05) is 20.8 Å². The van der Waals surface area contributed by atoms with Gasteiger partial charge in [-0.3, -0.25) is 4.79 Å². The second-order valence-corrected chi connectivity index (χ2v) is 6.31. The van der Waals surface area contributed by atoms with Crippen molar-refractivity contribution in [2.45, 2.75) is 65.3 Å². The van der Waals surface area contributed by atoms with Crippen LogP contribution in [0.15, 0.2) is 0 Å². The molecule has 0 aromatic carbocycles. The molecule has 2 N–H and O–H groups in total. The van der Waals surface area contributed by atoms with Crippen LogP contribution in [0.25, 0.3) is 0 Å². The summed E-state index contributed by atoms with van der Waals surface area (Å²) in [6.45, 7) is 8.23. The number of rotatable bonds is 4. The largest absolute Gasteiger partial charge is 0.394 e. The zero-order chi connectivity index (χ0) is 13.1. The highest BCUT2D eigenvalue weighted by molar-refractivity contribution is 5.82. The molecule has 0 bridgehead atoms. The number of hydrogen-bond acceptors (Lipinski definition) is 2. The molecule has 0 unspecified atom stereocenters. The SMILES string of the molecule is CCC(C)(C)C(=O)NC1(CO)CCC(C)CC1. The van der Waals surface area contributed by atoms with E-state index in [1.165, 1.54) is 0 Å². The minimum absolute atomic E-state index is 0.0608. The first-order valence-corrected chi connectivity index (χ1v) is 6.79. The van der Waals surface area contributed by atoms with Crippen LogP contribution in [0.3, 0.4) is 0 Å². The Hall–Kier alpha value is -0.570. The lowest BCUT2D eigenvalue weighted by Crippen LogP contribution is -2.56. The smallest absolute Gasteiger partial charge is 0.226 e. The maximum absolute atomic E-state index is 12.2. The summed E-state index contributed by atoms with van der Waals surface area (Å²) in [7, 11) is 0. The normalized spacial score (nSPS) is 30.1. The quantitative estimate of drug-likeness (QED) is 0.794. The maximum Gasteiger partial charge on any atom is 0.226 e. The highest BCUT2D eigenvalue weighted by atomic mass is 16.3. The molecule has 100 valence electrons. The minimum Gasteiger partial charge on any atom is -0.394 e. The molecule has 1 amide bonds. The van der Waals surface area contributed by atoms with Gasteiger partial charge in [0, 0.05) is 5.41 Å². The van der Waals surface area contributed by atoms with Gasteiger partial charge in [0.25, 0.3) is 0 Å². The van der Waals surface area contributed by atoms with Gasteiger partial charge >= 0.3 is 0 Å². The number of nitrogens with one attached hydrogen (secondary N) is 1. The summed E-state index contributed by atoms with van der Waals surface area (Å²) in [4.78, 5) is 12.2. The Balaban J connectivity index is 2.67. The summed E-state index contributed by atoms with van der Waals surface area (Å²) < 4.78 is 0. The lowest BCUT2D eigenvalue weighted by atomic mass is 9.76. The Morgan fingerprint density at radius 3 is 2.35 bits per heavy atom. The zero-order valence-corrected chi connectivity index (χ0v) is 11.7. The standard InChI is InChI=1S/C14H27NO2/c1-5-13(3,4)12(17)15-14(10-16)8-6-11(2)7-9-14/h11,16H,5-10H2,1-4H3,(H,15,17). The number of aliphatic hydroxyl groups excluding tert-OH is 1. The van der Waals surface area contributed by atoms with E-state index in [2.05, 4.69) is 12.2 Å². The third-order valence-electron chi connectivity index (χ3n) is 4.41. The number of carbonyl (C=O) groups is 1. The molecule has 1 aliphatic carbocycles. The van der Waals surface area contributed by atoms with Gasteiger partial charge in [0.15, 0.2) is 0 Å². The first-order chi connectivity index (χ1) is 7.85. The van der Waals surface area contributed by atoms with Crippen molar-refractivity contribution in [3.05, 3.63) is 0 Å². The van der Waals surface area contributed by atoms with Crippen LogP contribution >= 0.6 is 0 Å². The average Bonchev–Trinajstić information content (AvgIpc) is 2.32. The Kier molecular flexibility index (Phi) is 4.59. The zero-order valence-electron chi connectivity index (χ0n) is 11.7. The van der Waals surface area contributed by atoms with Gasteiger partial charge in [-0.1, -0.05) is 27.7 Å². The molecule has 0 radical (unpaired) electrons. The van der Waals surface area contributed by atoms with Crippen LogP contribution in [0.5, 0.6) is 0 Å². The van der Waals surface area contributed by atoms with Crippen LogP contribution in [0.4, 0.5) is 0 Å². The Bertz CT molecular complexity index is 265. The number of aliphatic hydroxyl groups is 1. The fourth-order valence-electron chi connectivity index (χ4n) is 2.21.